The number of aromatic hydroxyl groups is 1. The Morgan fingerprint density at radius 1 is 0.775 bits per heavy atom. The number of amides is 3. The van der Waals surface area contributed by atoms with E-state index in [2.05, 4.69) is 16.0 Å². The smallest absolute Gasteiger partial charge is 0.326 e. The van der Waals surface area contributed by atoms with Gasteiger partial charge in [0.05, 0.1) is 6.04 Å². The molecule has 0 aliphatic carbocycles. The van der Waals surface area contributed by atoms with Gasteiger partial charge in [-0.05, 0) is 47.9 Å². The number of carboxylic acids is 1. The molecule has 0 bridgehead atoms. The minimum absolute atomic E-state index is 0.0108. The molecule has 7 N–H and O–H groups in total. The Bertz CT molecular complexity index is 1120. The number of benzene rings is 2. The van der Waals surface area contributed by atoms with Crippen LogP contribution in [0.2, 0.25) is 0 Å². The summed E-state index contributed by atoms with van der Waals surface area (Å²) in [4.78, 5) is 51.5. The first-order valence-corrected chi connectivity index (χ1v) is 13.6. The van der Waals surface area contributed by atoms with Gasteiger partial charge in [0.1, 0.15) is 23.9 Å². The van der Waals surface area contributed by atoms with Gasteiger partial charge in [0, 0.05) is 6.42 Å². The van der Waals surface area contributed by atoms with Crippen LogP contribution in [0.5, 0.6) is 5.75 Å². The molecule has 40 heavy (non-hydrogen) atoms. The van der Waals surface area contributed by atoms with Crippen molar-refractivity contribution in [1.29, 1.82) is 0 Å². The summed E-state index contributed by atoms with van der Waals surface area (Å²) in [6, 6.07) is 11.3. The van der Waals surface area contributed by atoms with Gasteiger partial charge >= 0.3 is 5.97 Å². The van der Waals surface area contributed by atoms with E-state index in [0.717, 1.165) is 5.56 Å². The second-order valence-electron chi connectivity index (χ2n) is 10.6. The number of nitrogens with two attached hydrogens (primary N) is 1. The van der Waals surface area contributed by atoms with Gasteiger partial charge in [0.15, 0.2) is 0 Å². The van der Waals surface area contributed by atoms with Gasteiger partial charge in [-0.1, -0.05) is 76.6 Å². The molecule has 0 aromatic heterocycles. The fraction of sp³-hybridized carbons (Fsp3) is 0.467. The number of hydrogen-bond acceptors (Lipinski definition) is 6. The van der Waals surface area contributed by atoms with Crippen molar-refractivity contribution in [3.8, 4) is 5.75 Å². The predicted octanol–water partition coefficient (Wildman–Crippen LogP) is 2.14. The number of carboxylic acid groups (broad SMARTS) is 1. The highest BCUT2D eigenvalue weighted by Crippen LogP contribution is 2.14. The average Bonchev–Trinajstić information content (AvgIpc) is 2.91. The summed E-state index contributed by atoms with van der Waals surface area (Å²) in [6.07, 6.45) is 1.11. The molecule has 2 rings (SSSR count). The van der Waals surface area contributed by atoms with E-state index < -0.39 is 47.9 Å². The Balaban J connectivity index is 2.24. The lowest BCUT2D eigenvalue weighted by atomic mass is 9.96. The topological polar surface area (TPSA) is 171 Å². The van der Waals surface area contributed by atoms with E-state index in [1.807, 2.05) is 58.0 Å². The highest BCUT2D eigenvalue weighted by Gasteiger charge is 2.32. The number of hydrogen-bond donors (Lipinski definition) is 6. The second-order valence-corrected chi connectivity index (χ2v) is 10.6. The maximum atomic E-state index is 13.5. The fourth-order valence-corrected chi connectivity index (χ4v) is 4.23. The lowest BCUT2D eigenvalue weighted by Crippen LogP contribution is -2.59. The normalized spacial score (nSPS) is 14.8. The lowest BCUT2D eigenvalue weighted by Gasteiger charge is -2.28. The Kier molecular flexibility index (Phi) is 12.6. The van der Waals surface area contributed by atoms with Crippen molar-refractivity contribution in [3.05, 3.63) is 65.7 Å². The molecule has 0 aliphatic heterocycles. The van der Waals surface area contributed by atoms with Crippen LogP contribution in [0, 0.1) is 11.8 Å². The summed E-state index contributed by atoms with van der Waals surface area (Å²) in [5.74, 6) is -3.13. The van der Waals surface area contributed by atoms with Crippen molar-refractivity contribution < 1.29 is 29.4 Å². The zero-order chi connectivity index (χ0) is 29.8. The van der Waals surface area contributed by atoms with Crippen LogP contribution in [0.3, 0.4) is 0 Å². The molecule has 0 spiro atoms. The summed E-state index contributed by atoms with van der Waals surface area (Å²) in [6.45, 7) is 7.38. The van der Waals surface area contributed by atoms with Crippen LogP contribution in [0.4, 0.5) is 0 Å². The highest BCUT2D eigenvalue weighted by molar-refractivity contribution is 5.94. The molecule has 10 nitrogen and oxygen atoms in total. The third-order valence-corrected chi connectivity index (χ3v) is 6.76. The number of carbonyl (C=O) groups is 4. The van der Waals surface area contributed by atoms with E-state index in [1.54, 1.807) is 12.1 Å². The summed E-state index contributed by atoms with van der Waals surface area (Å²) < 4.78 is 0. The lowest BCUT2D eigenvalue weighted by molar-refractivity contribution is -0.142. The summed E-state index contributed by atoms with van der Waals surface area (Å²) >= 11 is 0. The largest absolute Gasteiger partial charge is 0.508 e. The Labute approximate surface area is 235 Å². The van der Waals surface area contributed by atoms with Crippen LogP contribution in [-0.4, -0.2) is 58.1 Å². The van der Waals surface area contributed by atoms with Crippen molar-refractivity contribution in [2.75, 3.05) is 0 Å². The molecule has 5 atom stereocenters. The van der Waals surface area contributed by atoms with Crippen molar-refractivity contribution >= 4 is 23.7 Å². The second kappa shape index (κ2) is 15.6. The van der Waals surface area contributed by atoms with Crippen LogP contribution in [0.1, 0.15) is 51.7 Å². The first-order chi connectivity index (χ1) is 18.9. The standard InChI is InChI=1S/C30H42N4O6/c1-5-19(4)26(34-27(36)23(31)16-20-9-7-6-8-10-20)29(38)32-24(17-21-11-13-22(35)14-12-21)28(37)33-25(30(39)40)15-18(2)3/h6-14,18-19,23-26,35H,5,15-17,31H2,1-4H3,(H,32,38)(H,33,37)(H,34,36)(H,39,40). The molecule has 2 aromatic rings. The minimum atomic E-state index is -1.17. The van der Waals surface area contributed by atoms with E-state index in [0.29, 0.717) is 18.4 Å². The molecule has 0 fully saturated rings. The number of rotatable bonds is 15. The third-order valence-electron chi connectivity index (χ3n) is 6.76. The summed E-state index contributed by atoms with van der Waals surface area (Å²) in [5, 5.41) is 27.3. The molecule has 5 unspecified atom stereocenters. The van der Waals surface area contributed by atoms with Crippen LogP contribution >= 0.6 is 0 Å². The van der Waals surface area contributed by atoms with Gasteiger partial charge in [-0.25, -0.2) is 4.79 Å². The Hall–Kier alpha value is -3.92. The van der Waals surface area contributed by atoms with Crippen molar-refractivity contribution in [1.82, 2.24) is 16.0 Å². The zero-order valence-electron chi connectivity index (χ0n) is 23.6. The molecule has 0 heterocycles. The molecule has 218 valence electrons. The number of phenolic OH excluding ortho intramolecular Hbond substituents is 1. The van der Waals surface area contributed by atoms with Crippen LogP contribution < -0.4 is 21.7 Å². The van der Waals surface area contributed by atoms with Crippen molar-refractivity contribution in [2.45, 2.75) is 77.5 Å². The number of carbonyl (C=O) groups excluding carboxylic acids is 3. The van der Waals surface area contributed by atoms with Gasteiger partial charge in [0.2, 0.25) is 17.7 Å². The molecule has 0 radical (unpaired) electrons. The van der Waals surface area contributed by atoms with Gasteiger partial charge in [-0.2, -0.15) is 0 Å². The number of aliphatic carboxylic acids is 1. The maximum Gasteiger partial charge on any atom is 0.326 e. The Morgan fingerprint density at radius 2 is 1.35 bits per heavy atom. The monoisotopic (exact) mass is 554 g/mol. The Morgan fingerprint density at radius 3 is 1.90 bits per heavy atom. The molecule has 0 saturated carbocycles. The summed E-state index contributed by atoms with van der Waals surface area (Å²) in [7, 11) is 0. The van der Waals surface area contributed by atoms with Crippen LogP contribution in [0.25, 0.3) is 0 Å². The quantitative estimate of drug-likeness (QED) is 0.196. The van der Waals surface area contributed by atoms with Crippen LogP contribution in [0.15, 0.2) is 54.6 Å². The van der Waals surface area contributed by atoms with E-state index in [1.165, 1.54) is 12.1 Å². The maximum absolute atomic E-state index is 13.5. The first-order valence-electron chi connectivity index (χ1n) is 13.6. The van der Waals surface area contributed by atoms with Gasteiger partial charge in [-0.15, -0.1) is 0 Å². The molecular weight excluding hydrogens is 512 g/mol. The SMILES string of the molecule is CCC(C)C(NC(=O)C(N)Cc1ccccc1)C(=O)NC(Cc1ccc(O)cc1)C(=O)NC(CC(C)C)C(=O)O. The molecular formula is C30H42N4O6. The van der Waals surface area contributed by atoms with E-state index in [9.17, 15) is 29.4 Å². The van der Waals surface area contributed by atoms with E-state index in [-0.39, 0.29) is 30.4 Å². The van der Waals surface area contributed by atoms with Gasteiger partial charge in [0.25, 0.3) is 0 Å². The minimum Gasteiger partial charge on any atom is -0.508 e. The molecule has 2 aromatic carbocycles. The van der Waals surface area contributed by atoms with Crippen molar-refractivity contribution in [2.24, 2.45) is 17.6 Å². The molecule has 0 saturated heterocycles. The number of nitrogens with one attached hydrogen (secondary N) is 3. The highest BCUT2D eigenvalue weighted by atomic mass is 16.4. The van der Waals surface area contributed by atoms with Crippen molar-refractivity contribution in [3.63, 3.8) is 0 Å². The average molecular weight is 555 g/mol. The third kappa shape index (κ3) is 10.3. The van der Waals surface area contributed by atoms with Gasteiger partial charge < -0.3 is 31.9 Å². The molecule has 0 aliphatic rings. The van der Waals surface area contributed by atoms with E-state index >= 15 is 0 Å². The first kappa shape index (κ1) is 32.3. The zero-order valence-corrected chi connectivity index (χ0v) is 23.6. The van der Waals surface area contributed by atoms with Crippen LogP contribution in [-0.2, 0) is 32.0 Å². The molecule has 10 heteroatoms. The number of phenols is 1. The molecule has 3 amide bonds. The summed E-state index contributed by atoms with van der Waals surface area (Å²) in [5.41, 5.74) is 7.67. The van der Waals surface area contributed by atoms with Gasteiger partial charge in [-0.3, -0.25) is 14.4 Å². The predicted molar refractivity (Wildman–Crippen MR) is 152 cm³/mol. The fourth-order valence-electron chi connectivity index (χ4n) is 4.23. The van der Waals surface area contributed by atoms with E-state index in [4.69, 9.17) is 5.73 Å².